The number of hydrogen-bond donors (Lipinski definition) is 2. The predicted molar refractivity (Wildman–Crippen MR) is 45.7 cm³/mol. The van der Waals surface area contributed by atoms with Crippen LogP contribution in [0.25, 0.3) is 0 Å². The van der Waals surface area contributed by atoms with Gasteiger partial charge in [0, 0.05) is 25.8 Å². The lowest BCUT2D eigenvalue weighted by Crippen LogP contribution is -1.79. The van der Waals surface area contributed by atoms with Crippen molar-refractivity contribution in [2.24, 2.45) is 0 Å². The number of benzene rings is 1. The maximum absolute atomic E-state index is 4.66. The lowest BCUT2D eigenvalue weighted by atomic mass is 10.3. The molecule has 0 unspecified atom stereocenters. The molecular weight excluding hydrogens is 168 g/mol. The van der Waals surface area contributed by atoms with E-state index in [9.17, 15) is 0 Å². The molecule has 0 atom stereocenters. The molecule has 1 rings (SSSR count). The van der Waals surface area contributed by atoms with Gasteiger partial charge in [-0.25, -0.2) is 0 Å². The minimum Gasteiger partial charge on any atom is -0.425 e. The van der Waals surface area contributed by atoms with E-state index in [1.807, 2.05) is 12.1 Å². The first-order chi connectivity index (χ1) is 4.88. The van der Waals surface area contributed by atoms with Crippen molar-refractivity contribution in [3.05, 3.63) is 24.3 Å². The van der Waals surface area contributed by atoms with Crippen LogP contribution in [0.3, 0.4) is 0 Å². The van der Waals surface area contributed by atoms with E-state index in [-0.39, 0.29) is 0 Å². The zero-order valence-electron chi connectivity index (χ0n) is 5.02. The van der Waals surface area contributed by atoms with Crippen LogP contribution in [-0.4, -0.2) is 0 Å². The van der Waals surface area contributed by atoms with Gasteiger partial charge < -0.3 is 8.37 Å². The molecule has 0 aliphatic rings. The fourth-order valence-electron chi connectivity index (χ4n) is 0.601. The summed E-state index contributed by atoms with van der Waals surface area (Å²) in [6.07, 6.45) is 0. The Hall–Kier alpha value is -0.480. The molecule has 0 aliphatic carbocycles. The van der Waals surface area contributed by atoms with Crippen molar-refractivity contribution in [2.45, 2.75) is 0 Å². The number of thiol groups is 2. The lowest BCUT2D eigenvalue weighted by molar-refractivity contribution is 0.581. The van der Waals surface area contributed by atoms with Gasteiger partial charge in [0.1, 0.15) is 0 Å². The van der Waals surface area contributed by atoms with Crippen molar-refractivity contribution >= 4 is 25.8 Å². The van der Waals surface area contributed by atoms with Crippen molar-refractivity contribution in [1.29, 1.82) is 0 Å². The molecule has 0 N–H and O–H groups in total. The van der Waals surface area contributed by atoms with E-state index in [0.717, 1.165) is 0 Å². The van der Waals surface area contributed by atoms with E-state index in [4.69, 9.17) is 0 Å². The van der Waals surface area contributed by atoms with Crippen LogP contribution >= 0.6 is 25.8 Å². The van der Waals surface area contributed by atoms with Crippen LogP contribution in [0.15, 0.2) is 24.3 Å². The Morgan fingerprint density at radius 1 is 0.900 bits per heavy atom. The van der Waals surface area contributed by atoms with E-state index in [1.165, 1.54) is 0 Å². The van der Waals surface area contributed by atoms with Gasteiger partial charge in [0.2, 0.25) is 0 Å². The summed E-state index contributed by atoms with van der Waals surface area (Å²) < 4.78 is 9.31. The second kappa shape index (κ2) is 3.63. The van der Waals surface area contributed by atoms with Gasteiger partial charge in [-0.15, -0.1) is 0 Å². The summed E-state index contributed by atoms with van der Waals surface area (Å²) in [4.78, 5) is 0. The van der Waals surface area contributed by atoms with Gasteiger partial charge >= 0.3 is 0 Å². The van der Waals surface area contributed by atoms with Gasteiger partial charge in [-0.2, -0.15) is 0 Å². The fraction of sp³-hybridized carbons (Fsp3) is 0. The molecule has 54 valence electrons. The van der Waals surface area contributed by atoms with Crippen molar-refractivity contribution in [1.82, 2.24) is 0 Å². The molecule has 0 heterocycles. The van der Waals surface area contributed by atoms with E-state index >= 15 is 0 Å². The van der Waals surface area contributed by atoms with Crippen LogP contribution in [-0.2, 0) is 0 Å². The highest BCUT2D eigenvalue weighted by molar-refractivity contribution is 7.75. The summed E-state index contributed by atoms with van der Waals surface area (Å²) in [6, 6.07) is 7.11. The quantitative estimate of drug-likeness (QED) is 0.528. The van der Waals surface area contributed by atoms with Gasteiger partial charge in [0.15, 0.2) is 11.5 Å². The summed E-state index contributed by atoms with van der Waals surface area (Å²) in [6.45, 7) is 0. The van der Waals surface area contributed by atoms with Crippen molar-refractivity contribution < 1.29 is 8.37 Å². The van der Waals surface area contributed by atoms with Crippen LogP contribution in [0.2, 0.25) is 0 Å². The molecule has 1 aromatic rings. The summed E-state index contributed by atoms with van der Waals surface area (Å²) in [5.74, 6) is 1.11. The fourth-order valence-corrected chi connectivity index (χ4v) is 0.903. The molecule has 0 saturated carbocycles. The standard InChI is InChI=1S/C6H6O2S2/c9-7-5-3-1-2-4-6(5)8-10/h1-4,9-10H. The highest BCUT2D eigenvalue weighted by Gasteiger charge is 1.99. The molecule has 0 bridgehead atoms. The van der Waals surface area contributed by atoms with Crippen molar-refractivity contribution in [3.63, 3.8) is 0 Å². The second-order valence-electron chi connectivity index (χ2n) is 1.63. The van der Waals surface area contributed by atoms with E-state index in [0.29, 0.717) is 11.5 Å². The molecule has 0 aliphatic heterocycles. The Morgan fingerprint density at radius 2 is 1.30 bits per heavy atom. The Balaban J connectivity index is 2.96. The van der Waals surface area contributed by atoms with Gasteiger partial charge in [-0.1, -0.05) is 12.1 Å². The van der Waals surface area contributed by atoms with E-state index in [2.05, 4.69) is 34.2 Å². The average molecular weight is 174 g/mol. The molecular formula is C6H6O2S2. The first kappa shape index (κ1) is 7.63. The highest BCUT2D eigenvalue weighted by Crippen LogP contribution is 2.27. The SMILES string of the molecule is SOc1ccccc1OS. The topological polar surface area (TPSA) is 18.5 Å². The normalized spacial score (nSPS) is 9.00. The Labute approximate surface area is 70.4 Å². The third kappa shape index (κ3) is 1.52. The maximum Gasteiger partial charge on any atom is 0.180 e. The van der Waals surface area contributed by atoms with Crippen molar-refractivity contribution in [3.8, 4) is 11.5 Å². The smallest absolute Gasteiger partial charge is 0.180 e. The second-order valence-corrected chi connectivity index (χ2v) is 1.99. The van der Waals surface area contributed by atoms with Gasteiger partial charge in [0.25, 0.3) is 0 Å². The first-order valence-corrected chi connectivity index (χ1v) is 3.33. The average Bonchev–Trinajstić information content (AvgIpc) is 2.04. The minimum absolute atomic E-state index is 0.556. The molecule has 0 aromatic heterocycles. The van der Waals surface area contributed by atoms with Gasteiger partial charge in [0.05, 0.1) is 0 Å². The zero-order chi connectivity index (χ0) is 7.40. The summed E-state index contributed by atoms with van der Waals surface area (Å²) in [7, 11) is 0. The van der Waals surface area contributed by atoms with Crippen LogP contribution in [0, 0.1) is 0 Å². The third-order valence-electron chi connectivity index (χ3n) is 1.05. The van der Waals surface area contributed by atoms with Gasteiger partial charge in [-0.3, -0.25) is 0 Å². The lowest BCUT2D eigenvalue weighted by Gasteiger charge is -2.01. The Morgan fingerprint density at radius 3 is 1.60 bits per heavy atom. The van der Waals surface area contributed by atoms with Crippen LogP contribution in [0.5, 0.6) is 11.5 Å². The molecule has 10 heavy (non-hydrogen) atoms. The Bertz CT molecular complexity index is 192. The van der Waals surface area contributed by atoms with E-state index in [1.54, 1.807) is 12.1 Å². The number of rotatable bonds is 2. The van der Waals surface area contributed by atoms with Crippen LogP contribution in [0.1, 0.15) is 0 Å². The van der Waals surface area contributed by atoms with Crippen LogP contribution < -0.4 is 8.37 Å². The molecule has 2 nitrogen and oxygen atoms in total. The molecule has 0 radical (unpaired) electrons. The summed E-state index contributed by atoms with van der Waals surface area (Å²) in [5, 5.41) is 0. The number of hydrogen-bond acceptors (Lipinski definition) is 4. The molecule has 0 saturated heterocycles. The predicted octanol–water partition coefficient (Wildman–Crippen LogP) is 2.13. The Kier molecular flexibility index (Phi) is 2.77. The molecule has 1 aromatic carbocycles. The third-order valence-corrected chi connectivity index (χ3v) is 1.44. The molecule has 4 heteroatoms. The molecule has 0 fully saturated rings. The van der Waals surface area contributed by atoms with Crippen molar-refractivity contribution in [2.75, 3.05) is 0 Å². The largest absolute Gasteiger partial charge is 0.425 e. The number of para-hydroxylation sites is 2. The first-order valence-electron chi connectivity index (χ1n) is 2.60. The molecule has 0 spiro atoms. The highest BCUT2D eigenvalue weighted by atomic mass is 32.1. The summed E-state index contributed by atoms with van der Waals surface area (Å²) in [5.41, 5.74) is 0. The monoisotopic (exact) mass is 174 g/mol. The minimum atomic E-state index is 0.556. The molecule has 0 amide bonds. The zero-order valence-corrected chi connectivity index (χ0v) is 6.81. The van der Waals surface area contributed by atoms with Gasteiger partial charge in [-0.05, 0) is 12.1 Å². The van der Waals surface area contributed by atoms with Crippen LogP contribution in [0.4, 0.5) is 0 Å². The van der Waals surface area contributed by atoms with E-state index < -0.39 is 0 Å². The maximum atomic E-state index is 4.66. The summed E-state index contributed by atoms with van der Waals surface area (Å²) >= 11 is 7.24.